The number of nitrogens with zero attached hydrogens (tertiary/aromatic N) is 3. The van der Waals surface area contributed by atoms with Crippen LogP contribution < -0.4 is 4.90 Å². The quantitative estimate of drug-likeness (QED) is 0.327. The van der Waals surface area contributed by atoms with E-state index < -0.39 is 28.7 Å². The van der Waals surface area contributed by atoms with Gasteiger partial charge >= 0.3 is 0 Å². The number of benzene rings is 2. The Bertz CT molecular complexity index is 1120. The number of rotatable bonds is 4. The van der Waals surface area contributed by atoms with Crippen LogP contribution in [0.1, 0.15) is 28.8 Å². The van der Waals surface area contributed by atoms with Gasteiger partial charge in [0.1, 0.15) is 0 Å². The van der Waals surface area contributed by atoms with Gasteiger partial charge in [-0.15, -0.1) is 0 Å². The fourth-order valence-corrected chi connectivity index (χ4v) is 5.48. The predicted octanol–water partition coefficient (Wildman–Crippen LogP) is 2.74. The smallest absolute Gasteiger partial charge is 0.271 e. The Kier molecular flexibility index (Phi) is 4.48. The molecule has 0 bridgehead atoms. The molecule has 3 aliphatic heterocycles. The van der Waals surface area contributed by atoms with E-state index in [-0.39, 0.29) is 29.1 Å². The van der Waals surface area contributed by atoms with Crippen molar-refractivity contribution in [3.05, 3.63) is 69.8 Å². The molecule has 4 atom stereocenters. The van der Waals surface area contributed by atoms with Gasteiger partial charge in [0.05, 0.1) is 28.5 Å². The molecule has 0 saturated carbocycles. The highest BCUT2D eigenvalue weighted by molar-refractivity contribution is 6.25. The normalized spacial score (nSPS) is 27.5. The second-order valence-corrected chi connectivity index (χ2v) is 8.41. The van der Waals surface area contributed by atoms with Crippen LogP contribution in [-0.2, 0) is 9.59 Å². The largest absolute Gasteiger partial charge is 0.292 e. The molecule has 3 saturated heterocycles. The zero-order chi connectivity index (χ0) is 21.9. The lowest BCUT2D eigenvalue weighted by atomic mass is 9.85. The zero-order valence-corrected chi connectivity index (χ0v) is 16.9. The van der Waals surface area contributed by atoms with Crippen LogP contribution >= 0.6 is 0 Å². The summed E-state index contributed by atoms with van der Waals surface area (Å²) in [6.07, 6.45) is 1.62. The number of imide groups is 1. The van der Waals surface area contributed by atoms with Gasteiger partial charge in [-0.3, -0.25) is 29.4 Å². The maximum absolute atomic E-state index is 13.6. The topological polar surface area (TPSA) is 101 Å². The summed E-state index contributed by atoms with van der Waals surface area (Å²) >= 11 is 0. The standard InChI is InChI=1S/C23H21N3O5/c1-13-9-10-15(26(30)31)12-17(13)25-22(28)18-16-8-5-11-24(16)20(19(18)23(25)29)21(27)14-6-3-2-4-7-14/h2-4,6-7,9-10,12,16,18-20H,5,8,11H2,1H3/t16-,18-,19+,20-/m0/s1. The Hall–Kier alpha value is -3.39. The number of carbonyl (C=O) groups excluding carboxylic acids is 3. The average molecular weight is 419 g/mol. The second kappa shape index (κ2) is 7.09. The van der Waals surface area contributed by atoms with E-state index >= 15 is 0 Å². The van der Waals surface area contributed by atoms with Crippen molar-refractivity contribution in [1.82, 2.24) is 4.90 Å². The number of ketones is 1. The minimum Gasteiger partial charge on any atom is -0.292 e. The van der Waals surface area contributed by atoms with Crippen LogP contribution in [0.5, 0.6) is 0 Å². The summed E-state index contributed by atoms with van der Waals surface area (Å²) in [7, 11) is 0. The molecule has 5 rings (SSSR count). The molecule has 2 aromatic rings. The third-order valence-electron chi connectivity index (χ3n) is 6.82. The minimum atomic E-state index is -0.774. The van der Waals surface area contributed by atoms with Gasteiger partial charge in [0.15, 0.2) is 5.78 Å². The molecule has 0 unspecified atom stereocenters. The highest BCUT2D eigenvalue weighted by Gasteiger charge is 2.64. The van der Waals surface area contributed by atoms with E-state index in [4.69, 9.17) is 0 Å². The van der Waals surface area contributed by atoms with Crippen LogP contribution in [0.15, 0.2) is 48.5 Å². The summed E-state index contributed by atoms with van der Waals surface area (Å²) in [6, 6.07) is 12.1. The molecule has 0 aliphatic carbocycles. The highest BCUT2D eigenvalue weighted by atomic mass is 16.6. The summed E-state index contributed by atoms with van der Waals surface area (Å²) in [5, 5.41) is 11.3. The number of Topliss-reactive ketones (excluding diaryl/α,β-unsaturated/α-hetero) is 1. The van der Waals surface area contributed by atoms with E-state index in [2.05, 4.69) is 0 Å². The number of nitro benzene ring substituents is 1. The SMILES string of the molecule is Cc1ccc([N+](=O)[O-])cc1N1C(=O)[C@@H]2[C@@H](C1=O)[C@@H]1CCCN1[C@@H]2C(=O)c1ccccc1. The maximum atomic E-state index is 13.6. The number of fused-ring (bicyclic) bond motifs is 3. The number of non-ortho nitro benzene ring substituents is 1. The molecular weight excluding hydrogens is 398 g/mol. The highest BCUT2D eigenvalue weighted by Crippen LogP contribution is 2.49. The molecular formula is C23H21N3O5. The van der Waals surface area contributed by atoms with Crippen molar-refractivity contribution >= 4 is 29.0 Å². The number of anilines is 1. The first-order chi connectivity index (χ1) is 14.9. The van der Waals surface area contributed by atoms with Gasteiger partial charge in [0, 0.05) is 23.7 Å². The molecule has 2 amide bonds. The van der Waals surface area contributed by atoms with Gasteiger partial charge < -0.3 is 0 Å². The van der Waals surface area contributed by atoms with Gasteiger partial charge in [0.25, 0.3) is 5.69 Å². The van der Waals surface area contributed by atoms with Crippen molar-refractivity contribution in [2.24, 2.45) is 11.8 Å². The summed E-state index contributed by atoms with van der Waals surface area (Å²) < 4.78 is 0. The van der Waals surface area contributed by atoms with Crippen molar-refractivity contribution in [2.45, 2.75) is 31.8 Å². The predicted molar refractivity (Wildman–Crippen MR) is 112 cm³/mol. The average Bonchev–Trinajstić information content (AvgIpc) is 3.41. The molecule has 0 radical (unpaired) electrons. The monoisotopic (exact) mass is 419 g/mol. The molecule has 3 aliphatic rings. The van der Waals surface area contributed by atoms with Gasteiger partial charge in [-0.05, 0) is 31.9 Å². The van der Waals surface area contributed by atoms with Crippen molar-refractivity contribution in [3.63, 3.8) is 0 Å². The van der Waals surface area contributed by atoms with Crippen LogP contribution in [0.2, 0.25) is 0 Å². The lowest BCUT2D eigenvalue weighted by Gasteiger charge is -2.28. The van der Waals surface area contributed by atoms with Crippen LogP contribution in [-0.4, -0.2) is 46.0 Å². The number of carbonyl (C=O) groups is 3. The Balaban J connectivity index is 1.58. The molecule has 3 fully saturated rings. The first kappa shape index (κ1) is 19.6. The van der Waals surface area contributed by atoms with E-state index in [0.29, 0.717) is 17.7 Å². The van der Waals surface area contributed by atoms with Crippen LogP contribution in [0.4, 0.5) is 11.4 Å². The van der Waals surface area contributed by atoms with E-state index in [9.17, 15) is 24.5 Å². The summed E-state index contributed by atoms with van der Waals surface area (Å²) in [5.41, 5.74) is 1.16. The number of aryl methyl sites for hydroxylation is 1. The third-order valence-corrected chi connectivity index (χ3v) is 6.82. The Morgan fingerprint density at radius 1 is 1.06 bits per heavy atom. The fraction of sp³-hybridized carbons (Fsp3) is 0.348. The molecule has 0 aromatic heterocycles. The van der Waals surface area contributed by atoms with Gasteiger partial charge in [-0.1, -0.05) is 36.4 Å². The molecule has 31 heavy (non-hydrogen) atoms. The summed E-state index contributed by atoms with van der Waals surface area (Å²) in [5.74, 6) is -2.34. The van der Waals surface area contributed by atoms with Crippen molar-refractivity contribution in [1.29, 1.82) is 0 Å². The van der Waals surface area contributed by atoms with Crippen LogP contribution in [0, 0.1) is 28.9 Å². The Morgan fingerprint density at radius 2 is 1.77 bits per heavy atom. The van der Waals surface area contributed by atoms with E-state index in [1.54, 1.807) is 31.2 Å². The summed E-state index contributed by atoms with van der Waals surface area (Å²) in [6.45, 7) is 2.39. The Labute approximate surface area is 178 Å². The number of amides is 2. The second-order valence-electron chi connectivity index (χ2n) is 8.41. The van der Waals surface area contributed by atoms with E-state index in [1.807, 2.05) is 11.0 Å². The lowest BCUT2D eigenvalue weighted by molar-refractivity contribution is -0.384. The minimum absolute atomic E-state index is 0.154. The third kappa shape index (κ3) is 2.82. The molecule has 0 N–H and O–H groups in total. The number of hydrogen-bond acceptors (Lipinski definition) is 6. The van der Waals surface area contributed by atoms with Crippen LogP contribution in [0.3, 0.4) is 0 Å². The molecule has 158 valence electrons. The fourth-order valence-electron chi connectivity index (χ4n) is 5.48. The van der Waals surface area contributed by atoms with Crippen molar-refractivity contribution in [2.75, 3.05) is 11.4 Å². The molecule has 8 heteroatoms. The van der Waals surface area contributed by atoms with E-state index in [0.717, 1.165) is 17.7 Å². The molecule has 2 aromatic carbocycles. The molecule has 8 nitrogen and oxygen atoms in total. The van der Waals surface area contributed by atoms with Crippen molar-refractivity contribution < 1.29 is 19.3 Å². The lowest BCUT2D eigenvalue weighted by Crippen LogP contribution is -2.46. The Morgan fingerprint density at radius 3 is 2.48 bits per heavy atom. The number of hydrogen-bond donors (Lipinski definition) is 0. The van der Waals surface area contributed by atoms with Crippen LogP contribution in [0.25, 0.3) is 0 Å². The maximum Gasteiger partial charge on any atom is 0.271 e. The summed E-state index contributed by atoms with van der Waals surface area (Å²) in [4.78, 5) is 54.3. The molecule has 3 heterocycles. The van der Waals surface area contributed by atoms with Gasteiger partial charge in [-0.2, -0.15) is 0 Å². The first-order valence-electron chi connectivity index (χ1n) is 10.4. The molecule has 0 spiro atoms. The number of nitro groups is 1. The van der Waals surface area contributed by atoms with Gasteiger partial charge in [-0.25, -0.2) is 4.90 Å². The van der Waals surface area contributed by atoms with Gasteiger partial charge in [0.2, 0.25) is 11.8 Å². The zero-order valence-electron chi connectivity index (χ0n) is 16.9. The van der Waals surface area contributed by atoms with E-state index in [1.165, 1.54) is 18.2 Å². The van der Waals surface area contributed by atoms with Crippen molar-refractivity contribution in [3.8, 4) is 0 Å². The first-order valence-corrected chi connectivity index (χ1v) is 10.4.